The molecule has 0 spiro atoms. The Morgan fingerprint density at radius 3 is 1.94 bits per heavy atom. The summed E-state index contributed by atoms with van der Waals surface area (Å²) >= 11 is 0. The number of hydrogen-bond donors (Lipinski definition) is 0. The van der Waals surface area contributed by atoms with Gasteiger partial charge in [-0.1, -0.05) is 30.3 Å². The highest BCUT2D eigenvalue weighted by Crippen LogP contribution is 2.27. The second-order valence-electron chi connectivity index (χ2n) is 3.74. The fourth-order valence-corrected chi connectivity index (χ4v) is 1.55. The Morgan fingerprint density at radius 1 is 0.889 bits per heavy atom. The van der Waals surface area contributed by atoms with Gasteiger partial charge in [0.15, 0.2) is 18.9 Å². The number of benzene rings is 1. The molecule has 0 unspecified atom stereocenters. The Balaban J connectivity index is 0.00000162. The molecular weight excluding hydrogens is 354 g/mol. The molecule has 1 aromatic carbocycles. The van der Waals surface area contributed by atoms with E-state index in [1.807, 2.05) is 30.3 Å². The quantitative estimate of drug-likeness (QED) is 0.523. The van der Waals surface area contributed by atoms with Crippen molar-refractivity contribution < 1.29 is 41.7 Å². The van der Waals surface area contributed by atoms with Gasteiger partial charge in [0, 0.05) is 17.7 Å². The minimum Gasteiger partial charge on any atom is -1.00 e. The van der Waals surface area contributed by atoms with E-state index in [-0.39, 0.29) is 24.0 Å². The summed E-state index contributed by atoms with van der Waals surface area (Å²) in [6.45, 7) is 0.568. The third-order valence-electron chi connectivity index (χ3n) is 2.43. The standard InChI is InChI=1S/C13H11F3N.HI/c14-13(15,16)12-6-8-17(9-7-12)10-11-4-2-1-3-5-11;/h1-9H,10H2;1H/q+1;/p-1. The Bertz CT molecular complexity index is 480. The highest BCUT2D eigenvalue weighted by atomic mass is 127. The number of nitrogens with zero attached hydrogens (tertiary/aromatic N) is 1. The van der Waals surface area contributed by atoms with Gasteiger partial charge in [-0.3, -0.25) is 0 Å². The minimum atomic E-state index is -4.27. The lowest BCUT2D eigenvalue weighted by Crippen LogP contribution is -3.00. The van der Waals surface area contributed by atoms with Crippen molar-refractivity contribution in [3.63, 3.8) is 0 Å². The zero-order valence-electron chi connectivity index (χ0n) is 9.36. The molecule has 0 fully saturated rings. The van der Waals surface area contributed by atoms with Crippen LogP contribution in [0.15, 0.2) is 54.9 Å². The van der Waals surface area contributed by atoms with Gasteiger partial charge in [0.1, 0.15) is 0 Å². The van der Waals surface area contributed by atoms with E-state index < -0.39 is 11.7 Å². The summed E-state index contributed by atoms with van der Waals surface area (Å²) in [5, 5.41) is 0. The van der Waals surface area contributed by atoms with Crippen molar-refractivity contribution in [1.82, 2.24) is 0 Å². The van der Waals surface area contributed by atoms with Crippen LogP contribution < -0.4 is 28.5 Å². The predicted molar refractivity (Wildman–Crippen MR) is 57.2 cm³/mol. The highest BCUT2D eigenvalue weighted by Gasteiger charge is 2.31. The lowest BCUT2D eigenvalue weighted by molar-refractivity contribution is -0.688. The largest absolute Gasteiger partial charge is 1.00 e. The molecule has 1 nitrogen and oxygen atoms in total. The molecule has 0 N–H and O–H groups in total. The van der Waals surface area contributed by atoms with Crippen LogP contribution in [0, 0.1) is 0 Å². The van der Waals surface area contributed by atoms with Crippen molar-refractivity contribution in [1.29, 1.82) is 0 Å². The minimum absolute atomic E-state index is 0. The third-order valence-corrected chi connectivity index (χ3v) is 2.43. The molecule has 0 saturated heterocycles. The van der Waals surface area contributed by atoms with Crippen LogP contribution in [0.4, 0.5) is 13.2 Å². The first-order chi connectivity index (χ1) is 8.05. The molecule has 0 bridgehead atoms. The van der Waals surface area contributed by atoms with Crippen LogP contribution in [0.1, 0.15) is 11.1 Å². The topological polar surface area (TPSA) is 3.88 Å². The molecule has 2 rings (SSSR count). The Morgan fingerprint density at radius 2 is 1.44 bits per heavy atom. The van der Waals surface area contributed by atoms with E-state index in [1.54, 1.807) is 4.57 Å². The molecule has 1 aromatic heterocycles. The number of pyridine rings is 1. The van der Waals surface area contributed by atoms with Gasteiger partial charge < -0.3 is 24.0 Å². The Labute approximate surface area is 120 Å². The second kappa shape index (κ2) is 6.17. The molecule has 96 valence electrons. The summed E-state index contributed by atoms with van der Waals surface area (Å²) in [5.41, 5.74) is 0.430. The summed E-state index contributed by atoms with van der Waals surface area (Å²) in [6, 6.07) is 11.8. The second-order valence-corrected chi connectivity index (χ2v) is 3.74. The van der Waals surface area contributed by atoms with E-state index in [9.17, 15) is 13.2 Å². The fourth-order valence-electron chi connectivity index (χ4n) is 1.55. The summed E-state index contributed by atoms with van der Waals surface area (Å²) in [4.78, 5) is 0. The van der Waals surface area contributed by atoms with Crippen LogP contribution in [0.2, 0.25) is 0 Å². The molecule has 0 saturated carbocycles. The number of aromatic nitrogens is 1. The molecule has 5 heteroatoms. The van der Waals surface area contributed by atoms with Gasteiger partial charge in [-0.25, -0.2) is 4.57 Å². The van der Waals surface area contributed by atoms with E-state index in [4.69, 9.17) is 0 Å². The van der Waals surface area contributed by atoms with Crippen LogP contribution in [0.5, 0.6) is 0 Å². The SMILES string of the molecule is FC(F)(F)c1cc[n+](Cc2ccccc2)cc1.[I-]. The number of rotatable bonds is 2. The van der Waals surface area contributed by atoms with Crippen LogP contribution >= 0.6 is 0 Å². The maximum Gasteiger partial charge on any atom is 0.416 e. The molecule has 0 aliphatic carbocycles. The molecule has 0 amide bonds. The van der Waals surface area contributed by atoms with E-state index in [1.165, 1.54) is 12.4 Å². The van der Waals surface area contributed by atoms with Crippen LogP contribution in [-0.4, -0.2) is 0 Å². The molecular formula is C13H11F3IN. The van der Waals surface area contributed by atoms with Crippen molar-refractivity contribution in [2.75, 3.05) is 0 Å². The van der Waals surface area contributed by atoms with Crippen LogP contribution in [0.25, 0.3) is 0 Å². The zero-order chi connectivity index (χ0) is 12.3. The molecule has 2 aromatic rings. The van der Waals surface area contributed by atoms with Crippen molar-refractivity contribution in [2.45, 2.75) is 12.7 Å². The molecule has 18 heavy (non-hydrogen) atoms. The van der Waals surface area contributed by atoms with E-state index in [0.29, 0.717) is 6.54 Å². The van der Waals surface area contributed by atoms with Crippen LogP contribution in [0.3, 0.4) is 0 Å². The molecule has 0 aliphatic heterocycles. The molecule has 0 radical (unpaired) electrons. The lowest BCUT2D eigenvalue weighted by atomic mass is 10.2. The highest BCUT2D eigenvalue weighted by molar-refractivity contribution is 5.14. The van der Waals surface area contributed by atoms with Crippen molar-refractivity contribution in [3.8, 4) is 0 Å². The first-order valence-corrected chi connectivity index (χ1v) is 5.16. The predicted octanol–water partition coefficient (Wildman–Crippen LogP) is 0.0452. The summed E-state index contributed by atoms with van der Waals surface area (Å²) in [7, 11) is 0. The van der Waals surface area contributed by atoms with Gasteiger partial charge in [-0.05, 0) is 0 Å². The number of hydrogen-bond acceptors (Lipinski definition) is 0. The van der Waals surface area contributed by atoms with Gasteiger partial charge in [0.2, 0.25) is 0 Å². The maximum atomic E-state index is 12.3. The summed E-state index contributed by atoms with van der Waals surface area (Å²) in [6.07, 6.45) is -1.39. The van der Waals surface area contributed by atoms with E-state index in [0.717, 1.165) is 17.7 Å². The Kier molecular flexibility index (Phi) is 5.13. The Hall–Kier alpha value is -1.11. The number of alkyl halides is 3. The summed E-state index contributed by atoms with van der Waals surface area (Å²) in [5.74, 6) is 0. The maximum absolute atomic E-state index is 12.3. The number of halogens is 4. The van der Waals surface area contributed by atoms with Crippen molar-refractivity contribution in [3.05, 3.63) is 66.0 Å². The molecule has 0 atom stereocenters. The van der Waals surface area contributed by atoms with E-state index in [2.05, 4.69) is 0 Å². The fraction of sp³-hybridized carbons (Fsp3) is 0.154. The van der Waals surface area contributed by atoms with Gasteiger partial charge in [-0.2, -0.15) is 13.2 Å². The van der Waals surface area contributed by atoms with Crippen molar-refractivity contribution in [2.24, 2.45) is 0 Å². The first-order valence-electron chi connectivity index (χ1n) is 5.16. The van der Waals surface area contributed by atoms with Crippen molar-refractivity contribution >= 4 is 0 Å². The lowest BCUT2D eigenvalue weighted by Gasteiger charge is -2.04. The molecule has 1 heterocycles. The van der Waals surface area contributed by atoms with Gasteiger partial charge in [-0.15, -0.1) is 0 Å². The first kappa shape index (κ1) is 14.9. The average molecular weight is 365 g/mol. The average Bonchev–Trinajstić information content (AvgIpc) is 2.30. The molecule has 0 aliphatic rings. The van der Waals surface area contributed by atoms with E-state index >= 15 is 0 Å². The van der Waals surface area contributed by atoms with Gasteiger partial charge in [0.05, 0.1) is 5.56 Å². The monoisotopic (exact) mass is 365 g/mol. The van der Waals surface area contributed by atoms with Gasteiger partial charge >= 0.3 is 6.18 Å². The normalized spacial score (nSPS) is 10.8. The van der Waals surface area contributed by atoms with Crippen LogP contribution in [-0.2, 0) is 12.7 Å². The smallest absolute Gasteiger partial charge is 0.416 e. The third kappa shape index (κ3) is 3.97. The van der Waals surface area contributed by atoms with Gasteiger partial charge in [0.25, 0.3) is 0 Å². The summed E-state index contributed by atoms with van der Waals surface area (Å²) < 4.78 is 38.7. The zero-order valence-corrected chi connectivity index (χ0v) is 11.5.